The zero-order valence-corrected chi connectivity index (χ0v) is 14.1. The number of benzene rings is 2. The topological polar surface area (TPSA) is 41.6 Å². The molecule has 3 rings (SSSR count). The van der Waals surface area contributed by atoms with E-state index >= 15 is 0 Å². The number of nitrogens with zero attached hydrogens (tertiary/aromatic N) is 1. The average molecular weight is 324 g/mol. The van der Waals surface area contributed by atoms with Crippen LogP contribution in [0.25, 0.3) is 0 Å². The second-order valence-corrected chi connectivity index (χ2v) is 6.18. The van der Waals surface area contributed by atoms with E-state index in [0.29, 0.717) is 19.7 Å². The zero-order chi connectivity index (χ0) is 16.8. The molecule has 0 aliphatic carbocycles. The number of carbonyl (C=O) groups is 1. The number of amides is 1. The predicted molar refractivity (Wildman–Crippen MR) is 96.0 cm³/mol. The lowest BCUT2D eigenvalue weighted by molar-refractivity contribution is -0.119. The molecule has 0 aromatic heterocycles. The first-order valence-electron chi connectivity index (χ1n) is 8.42. The maximum atomic E-state index is 12.3. The summed E-state index contributed by atoms with van der Waals surface area (Å²) < 4.78 is 5.10. The Morgan fingerprint density at radius 2 is 1.88 bits per heavy atom. The number of hydrogen-bond donors (Lipinski definition) is 1. The normalized spacial score (nSPS) is 13.5. The predicted octanol–water partition coefficient (Wildman–Crippen LogP) is 2.90. The number of fused-ring (bicyclic) bond motifs is 1. The Morgan fingerprint density at radius 1 is 1.12 bits per heavy atom. The van der Waals surface area contributed by atoms with Crippen molar-refractivity contribution in [2.75, 3.05) is 25.1 Å². The summed E-state index contributed by atoms with van der Waals surface area (Å²) in [5, 5.41) is 3.02. The first-order valence-corrected chi connectivity index (χ1v) is 8.42. The number of hydrogen-bond acceptors (Lipinski definition) is 3. The van der Waals surface area contributed by atoms with E-state index in [9.17, 15) is 4.79 Å². The molecular formula is C20H24N2O2. The van der Waals surface area contributed by atoms with Crippen molar-refractivity contribution in [1.82, 2.24) is 5.32 Å². The number of anilines is 1. The lowest BCUT2D eigenvalue weighted by atomic mass is 10.0. The summed E-state index contributed by atoms with van der Waals surface area (Å²) in [7, 11) is 1.69. The fraction of sp³-hybridized carbons (Fsp3) is 0.350. The molecule has 0 radical (unpaired) electrons. The second kappa shape index (κ2) is 7.97. The van der Waals surface area contributed by atoms with Gasteiger partial charge in [-0.2, -0.15) is 0 Å². The van der Waals surface area contributed by atoms with Crippen molar-refractivity contribution in [3.05, 3.63) is 65.2 Å². The first kappa shape index (κ1) is 16.5. The molecule has 1 N–H and O–H groups in total. The van der Waals surface area contributed by atoms with Gasteiger partial charge in [0.2, 0.25) is 5.91 Å². The number of ether oxygens (including phenoxy) is 1. The van der Waals surface area contributed by atoms with Crippen molar-refractivity contribution < 1.29 is 9.53 Å². The van der Waals surface area contributed by atoms with Gasteiger partial charge in [-0.05, 0) is 35.6 Å². The average Bonchev–Trinajstić information content (AvgIpc) is 2.62. The van der Waals surface area contributed by atoms with Crippen LogP contribution < -0.4 is 10.2 Å². The molecule has 0 spiro atoms. The van der Waals surface area contributed by atoms with Crippen LogP contribution >= 0.6 is 0 Å². The molecular weight excluding hydrogens is 300 g/mol. The number of methoxy groups -OCH3 is 1. The van der Waals surface area contributed by atoms with Crippen molar-refractivity contribution in [1.29, 1.82) is 0 Å². The smallest absolute Gasteiger partial charge is 0.239 e. The Kier molecular flexibility index (Phi) is 5.49. The summed E-state index contributed by atoms with van der Waals surface area (Å²) >= 11 is 0. The number of aryl methyl sites for hydroxylation is 1. The molecule has 126 valence electrons. The zero-order valence-electron chi connectivity index (χ0n) is 14.1. The van der Waals surface area contributed by atoms with Gasteiger partial charge in [0.05, 0.1) is 13.2 Å². The summed E-state index contributed by atoms with van der Waals surface area (Å²) in [6, 6.07) is 16.5. The molecule has 0 atom stereocenters. The van der Waals surface area contributed by atoms with E-state index in [2.05, 4.69) is 28.4 Å². The fourth-order valence-corrected chi connectivity index (χ4v) is 3.13. The molecule has 2 aromatic carbocycles. The van der Waals surface area contributed by atoms with Crippen LogP contribution in [-0.4, -0.2) is 26.1 Å². The molecule has 24 heavy (non-hydrogen) atoms. The van der Waals surface area contributed by atoms with E-state index in [4.69, 9.17) is 4.74 Å². The highest BCUT2D eigenvalue weighted by Gasteiger charge is 2.18. The van der Waals surface area contributed by atoms with Gasteiger partial charge in [0, 0.05) is 25.9 Å². The Morgan fingerprint density at radius 3 is 2.67 bits per heavy atom. The van der Waals surface area contributed by atoms with E-state index < -0.39 is 0 Å². The Balaban J connectivity index is 1.53. The standard InChI is InChI=1S/C20H24N2O2/c1-24-15-17-10-8-16(9-11-17)13-21-20(23)14-22-12-4-6-18-5-2-3-7-19(18)22/h2-3,5,7-11H,4,6,12-15H2,1H3,(H,21,23). The van der Waals surface area contributed by atoms with Crippen molar-refractivity contribution >= 4 is 11.6 Å². The Hall–Kier alpha value is -2.33. The van der Waals surface area contributed by atoms with Gasteiger partial charge in [-0.3, -0.25) is 4.79 Å². The van der Waals surface area contributed by atoms with E-state index in [-0.39, 0.29) is 5.91 Å². The highest BCUT2D eigenvalue weighted by molar-refractivity contribution is 5.81. The van der Waals surface area contributed by atoms with Gasteiger partial charge in [0.25, 0.3) is 0 Å². The highest BCUT2D eigenvalue weighted by Crippen LogP contribution is 2.26. The lowest BCUT2D eigenvalue weighted by Gasteiger charge is -2.30. The lowest BCUT2D eigenvalue weighted by Crippen LogP contribution is -2.39. The maximum absolute atomic E-state index is 12.3. The van der Waals surface area contributed by atoms with Crippen molar-refractivity contribution in [2.24, 2.45) is 0 Å². The van der Waals surface area contributed by atoms with Crippen molar-refractivity contribution in [3.8, 4) is 0 Å². The third-order valence-electron chi connectivity index (χ3n) is 4.36. The second-order valence-electron chi connectivity index (χ2n) is 6.18. The minimum atomic E-state index is 0.0627. The molecule has 2 aromatic rings. The molecule has 0 bridgehead atoms. The van der Waals surface area contributed by atoms with E-state index in [1.54, 1.807) is 7.11 Å². The van der Waals surface area contributed by atoms with Crippen molar-refractivity contribution in [3.63, 3.8) is 0 Å². The van der Waals surface area contributed by atoms with Crippen LogP contribution in [0.4, 0.5) is 5.69 Å². The first-order chi connectivity index (χ1) is 11.8. The van der Waals surface area contributed by atoms with Crippen LogP contribution in [0.3, 0.4) is 0 Å². The Labute approximate surface area is 143 Å². The molecule has 0 fully saturated rings. The molecule has 1 aliphatic rings. The third kappa shape index (κ3) is 4.15. The van der Waals surface area contributed by atoms with Crippen LogP contribution in [0.1, 0.15) is 23.1 Å². The SMILES string of the molecule is COCc1ccc(CNC(=O)CN2CCCc3ccccc32)cc1. The summed E-state index contributed by atoms with van der Waals surface area (Å²) in [5.74, 6) is 0.0627. The number of nitrogens with one attached hydrogen (secondary N) is 1. The summed E-state index contributed by atoms with van der Waals surface area (Å²) in [4.78, 5) is 14.5. The molecule has 1 amide bonds. The van der Waals surface area contributed by atoms with Crippen LogP contribution in [-0.2, 0) is 29.1 Å². The van der Waals surface area contributed by atoms with E-state index in [1.165, 1.54) is 11.3 Å². The quantitative estimate of drug-likeness (QED) is 0.888. The summed E-state index contributed by atoms with van der Waals surface area (Å²) in [5.41, 5.74) is 4.77. The number of carbonyl (C=O) groups excluding carboxylic acids is 1. The number of para-hydroxylation sites is 1. The van der Waals surface area contributed by atoms with Crippen LogP contribution in [0.2, 0.25) is 0 Å². The largest absolute Gasteiger partial charge is 0.380 e. The van der Waals surface area contributed by atoms with Crippen molar-refractivity contribution in [2.45, 2.75) is 26.0 Å². The molecule has 0 saturated heterocycles. The van der Waals surface area contributed by atoms with Crippen LogP contribution in [0.15, 0.2) is 48.5 Å². The van der Waals surface area contributed by atoms with Crippen LogP contribution in [0, 0.1) is 0 Å². The molecule has 0 saturated carbocycles. The molecule has 1 heterocycles. The maximum Gasteiger partial charge on any atom is 0.239 e. The molecule has 4 nitrogen and oxygen atoms in total. The van der Waals surface area contributed by atoms with Gasteiger partial charge in [0.1, 0.15) is 0 Å². The molecule has 0 unspecified atom stereocenters. The van der Waals surface area contributed by atoms with E-state index in [1.807, 2.05) is 30.3 Å². The molecule has 4 heteroatoms. The van der Waals surface area contributed by atoms with Gasteiger partial charge in [0.15, 0.2) is 0 Å². The van der Waals surface area contributed by atoms with Gasteiger partial charge < -0.3 is 15.0 Å². The third-order valence-corrected chi connectivity index (χ3v) is 4.36. The van der Waals surface area contributed by atoms with E-state index in [0.717, 1.165) is 30.5 Å². The van der Waals surface area contributed by atoms with Gasteiger partial charge in [-0.25, -0.2) is 0 Å². The Bertz CT molecular complexity index is 682. The minimum absolute atomic E-state index is 0.0627. The highest BCUT2D eigenvalue weighted by atomic mass is 16.5. The van der Waals surface area contributed by atoms with Crippen LogP contribution in [0.5, 0.6) is 0 Å². The fourth-order valence-electron chi connectivity index (χ4n) is 3.13. The van der Waals surface area contributed by atoms with Gasteiger partial charge in [-0.15, -0.1) is 0 Å². The minimum Gasteiger partial charge on any atom is -0.380 e. The monoisotopic (exact) mass is 324 g/mol. The van der Waals surface area contributed by atoms with Gasteiger partial charge in [-0.1, -0.05) is 42.5 Å². The molecule has 1 aliphatic heterocycles. The summed E-state index contributed by atoms with van der Waals surface area (Å²) in [6.45, 7) is 2.53. The van der Waals surface area contributed by atoms with Gasteiger partial charge >= 0.3 is 0 Å². The number of rotatable bonds is 6. The summed E-state index contributed by atoms with van der Waals surface area (Å²) in [6.07, 6.45) is 2.20.